The lowest BCUT2D eigenvalue weighted by Gasteiger charge is -2.01. The summed E-state index contributed by atoms with van der Waals surface area (Å²) in [4.78, 5) is 0. The fourth-order valence-electron chi connectivity index (χ4n) is 0.407. The molecule has 0 aromatic heterocycles. The molecule has 0 aliphatic heterocycles. The van der Waals surface area contributed by atoms with Crippen molar-refractivity contribution in [2.24, 2.45) is 5.92 Å². The zero-order valence-electron chi connectivity index (χ0n) is 6.72. The maximum Gasteiger partial charge on any atom is 0.112 e. The summed E-state index contributed by atoms with van der Waals surface area (Å²) < 4.78 is 0. The normalized spacial score (nSPS) is 10.7. The van der Waals surface area contributed by atoms with Gasteiger partial charge < -0.3 is 0 Å². The molecule has 0 saturated carbocycles. The first-order valence-corrected chi connectivity index (χ1v) is 3.35. The predicted molar refractivity (Wildman–Crippen MR) is 48.0 cm³/mol. The Labute approximate surface area is 64.7 Å². The number of hydrogen-bond donors (Lipinski definition) is 0. The second-order valence-corrected chi connectivity index (χ2v) is 2.64. The van der Waals surface area contributed by atoms with E-state index >= 15 is 0 Å². The van der Waals surface area contributed by atoms with Crippen LogP contribution in [-0.2, 0) is 0 Å². The van der Waals surface area contributed by atoms with E-state index in [0.29, 0.717) is 11.4 Å². The van der Waals surface area contributed by atoms with Crippen molar-refractivity contribution >= 4 is 7.85 Å². The molecule has 0 saturated heterocycles. The molecule has 0 aliphatic rings. The van der Waals surface area contributed by atoms with E-state index in [1.165, 1.54) is 0 Å². The lowest BCUT2D eigenvalue weighted by Crippen LogP contribution is -1.87. The molecule has 0 aromatic carbocycles. The van der Waals surface area contributed by atoms with Gasteiger partial charge in [0.05, 0.1) is 0 Å². The van der Waals surface area contributed by atoms with Crippen LogP contribution in [0.15, 0.2) is 36.4 Å². The SMILES string of the molecule is [B]C(=C)/C=C\C(=C)C(C)C. The zero-order valence-corrected chi connectivity index (χ0v) is 6.72. The van der Waals surface area contributed by atoms with Gasteiger partial charge in [-0.25, -0.2) is 0 Å². The van der Waals surface area contributed by atoms with Gasteiger partial charge in [0.15, 0.2) is 0 Å². The summed E-state index contributed by atoms with van der Waals surface area (Å²) in [5, 5.41) is 0. The summed E-state index contributed by atoms with van der Waals surface area (Å²) in [6.45, 7) is 11.6. The van der Waals surface area contributed by atoms with Gasteiger partial charge in [0.1, 0.15) is 7.85 Å². The highest BCUT2D eigenvalue weighted by molar-refractivity contribution is 6.23. The average Bonchev–Trinajstić information content (AvgIpc) is 1.82. The summed E-state index contributed by atoms with van der Waals surface area (Å²) in [5.41, 5.74) is 1.65. The first kappa shape index (κ1) is 9.28. The second kappa shape index (κ2) is 4.16. The van der Waals surface area contributed by atoms with Crippen molar-refractivity contribution in [3.63, 3.8) is 0 Å². The second-order valence-electron chi connectivity index (χ2n) is 2.64. The zero-order chi connectivity index (χ0) is 8.15. The number of allylic oxidation sites excluding steroid dienone is 4. The van der Waals surface area contributed by atoms with Gasteiger partial charge in [0, 0.05) is 0 Å². The third-order valence-electron chi connectivity index (χ3n) is 1.25. The number of hydrogen-bond acceptors (Lipinski definition) is 0. The van der Waals surface area contributed by atoms with Crippen LogP contribution >= 0.6 is 0 Å². The summed E-state index contributed by atoms with van der Waals surface area (Å²) in [7, 11) is 5.32. The Balaban J connectivity index is 3.90. The molecule has 0 aromatic rings. The topological polar surface area (TPSA) is 0 Å². The maximum absolute atomic E-state index is 5.32. The molecule has 0 nitrogen and oxygen atoms in total. The monoisotopic (exact) mass is 132 g/mol. The minimum Gasteiger partial charge on any atom is -0.106 e. The van der Waals surface area contributed by atoms with E-state index in [1.807, 2.05) is 6.08 Å². The van der Waals surface area contributed by atoms with E-state index in [0.717, 1.165) is 5.57 Å². The summed E-state index contributed by atoms with van der Waals surface area (Å²) >= 11 is 0. The van der Waals surface area contributed by atoms with Crippen molar-refractivity contribution in [1.82, 2.24) is 0 Å². The quantitative estimate of drug-likeness (QED) is 0.408. The molecule has 0 spiro atoms. The van der Waals surface area contributed by atoms with Crippen molar-refractivity contribution in [2.75, 3.05) is 0 Å². The van der Waals surface area contributed by atoms with Gasteiger partial charge in [0.2, 0.25) is 0 Å². The average molecular weight is 132 g/mol. The van der Waals surface area contributed by atoms with Crippen molar-refractivity contribution in [3.8, 4) is 0 Å². The van der Waals surface area contributed by atoms with Gasteiger partial charge in [-0.15, -0.1) is 12.1 Å². The van der Waals surface area contributed by atoms with E-state index in [1.54, 1.807) is 6.08 Å². The minimum absolute atomic E-state index is 0.482. The van der Waals surface area contributed by atoms with Crippen LogP contribution in [0.4, 0.5) is 0 Å². The molecule has 0 fully saturated rings. The van der Waals surface area contributed by atoms with Gasteiger partial charge in [-0.2, -0.15) is 0 Å². The van der Waals surface area contributed by atoms with Gasteiger partial charge in [-0.3, -0.25) is 0 Å². The van der Waals surface area contributed by atoms with Crippen LogP contribution in [0.2, 0.25) is 0 Å². The van der Waals surface area contributed by atoms with Crippen LogP contribution in [0.3, 0.4) is 0 Å². The molecule has 0 unspecified atom stereocenters. The Morgan fingerprint density at radius 3 is 2.10 bits per heavy atom. The maximum atomic E-state index is 5.32. The largest absolute Gasteiger partial charge is 0.112 e. The molecule has 2 radical (unpaired) electrons. The van der Waals surface area contributed by atoms with Crippen LogP contribution in [0, 0.1) is 5.92 Å². The summed E-state index contributed by atoms with van der Waals surface area (Å²) in [6.07, 6.45) is 3.66. The van der Waals surface area contributed by atoms with Crippen molar-refractivity contribution in [3.05, 3.63) is 36.4 Å². The van der Waals surface area contributed by atoms with Crippen molar-refractivity contribution in [2.45, 2.75) is 13.8 Å². The molecule has 0 atom stereocenters. The first-order valence-electron chi connectivity index (χ1n) is 3.35. The fourth-order valence-corrected chi connectivity index (χ4v) is 0.407. The molecule has 0 bridgehead atoms. The fraction of sp³-hybridized carbons (Fsp3) is 0.333. The van der Waals surface area contributed by atoms with Gasteiger partial charge in [-0.1, -0.05) is 38.2 Å². The standard InChI is InChI=1S/C9H13B/c1-7(2)8(3)5-6-9(4)10/h5-7H,3-4H2,1-2H3/b6-5-. The van der Waals surface area contributed by atoms with Crippen LogP contribution < -0.4 is 0 Å². The van der Waals surface area contributed by atoms with Gasteiger partial charge >= 0.3 is 0 Å². The van der Waals surface area contributed by atoms with E-state index in [-0.39, 0.29) is 0 Å². The highest BCUT2D eigenvalue weighted by Gasteiger charge is 1.92. The third-order valence-corrected chi connectivity index (χ3v) is 1.25. The highest BCUT2D eigenvalue weighted by atomic mass is 14.0. The van der Waals surface area contributed by atoms with Gasteiger partial charge in [0.25, 0.3) is 0 Å². The number of rotatable bonds is 3. The van der Waals surface area contributed by atoms with Crippen molar-refractivity contribution < 1.29 is 0 Å². The van der Waals surface area contributed by atoms with E-state index in [2.05, 4.69) is 27.0 Å². The highest BCUT2D eigenvalue weighted by Crippen LogP contribution is 2.07. The Bertz CT molecular complexity index is 164. The molecule has 1 heteroatoms. The minimum atomic E-state index is 0.482. The molecule has 10 heavy (non-hydrogen) atoms. The lowest BCUT2D eigenvalue weighted by molar-refractivity contribution is 0.795. The molecule has 0 N–H and O–H groups in total. The molecule has 0 aliphatic carbocycles. The molecular weight excluding hydrogens is 119 g/mol. The summed E-state index contributed by atoms with van der Waals surface area (Å²) in [6, 6.07) is 0. The predicted octanol–water partition coefficient (Wildman–Crippen LogP) is 2.44. The summed E-state index contributed by atoms with van der Waals surface area (Å²) in [5.74, 6) is 0.482. The smallest absolute Gasteiger partial charge is 0.106 e. The van der Waals surface area contributed by atoms with E-state index in [9.17, 15) is 0 Å². The van der Waals surface area contributed by atoms with Gasteiger partial charge in [-0.05, 0) is 5.92 Å². The molecule has 0 rings (SSSR count). The van der Waals surface area contributed by atoms with E-state index in [4.69, 9.17) is 7.85 Å². The van der Waals surface area contributed by atoms with Crippen molar-refractivity contribution in [1.29, 1.82) is 0 Å². The Morgan fingerprint density at radius 2 is 1.80 bits per heavy atom. The Hall–Kier alpha value is -0.715. The van der Waals surface area contributed by atoms with Crippen LogP contribution in [-0.4, -0.2) is 7.85 Å². The van der Waals surface area contributed by atoms with Crippen LogP contribution in [0.5, 0.6) is 0 Å². The third kappa shape index (κ3) is 4.19. The molecule has 0 amide bonds. The molecule has 0 heterocycles. The van der Waals surface area contributed by atoms with Crippen LogP contribution in [0.1, 0.15) is 13.8 Å². The Morgan fingerprint density at radius 1 is 1.30 bits per heavy atom. The first-order chi connectivity index (χ1) is 4.54. The molecular formula is C9H13B. The van der Waals surface area contributed by atoms with Crippen LogP contribution in [0.25, 0.3) is 0 Å². The Kier molecular flexibility index (Phi) is 3.86. The molecule has 52 valence electrons. The lowest BCUT2D eigenvalue weighted by atomic mass is 9.95. The van der Waals surface area contributed by atoms with E-state index < -0.39 is 0 Å².